The maximum atomic E-state index is 12.7. The molecule has 2 heterocycles. The van der Waals surface area contributed by atoms with Gasteiger partial charge in [-0.2, -0.15) is 17.5 Å². The number of hydrogen-bond donors (Lipinski definition) is 1. The topological polar surface area (TPSA) is 58.6 Å². The Bertz CT molecular complexity index is 886. The van der Waals surface area contributed by atoms with Crippen LogP contribution < -0.4 is 5.56 Å². The highest BCUT2D eigenvalue weighted by Gasteiger charge is 2.30. The van der Waals surface area contributed by atoms with E-state index in [-0.39, 0.29) is 12.0 Å². The number of nitrogens with one attached hydrogen (secondary N) is 1. The number of pyridine rings is 1. The van der Waals surface area contributed by atoms with Crippen LogP contribution in [0.2, 0.25) is 0 Å². The van der Waals surface area contributed by atoms with Gasteiger partial charge in [-0.1, -0.05) is 18.2 Å². The molecule has 0 spiro atoms. The van der Waals surface area contributed by atoms with E-state index in [1.165, 1.54) is 18.3 Å². The summed E-state index contributed by atoms with van der Waals surface area (Å²) in [4.78, 5) is 18.1. The van der Waals surface area contributed by atoms with Crippen molar-refractivity contribution in [1.82, 2.24) is 14.3 Å². The van der Waals surface area contributed by atoms with Crippen LogP contribution in [0.15, 0.2) is 47.4 Å². The second kappa shape index (κ2) is 5.96. The fraction of sp³-hybridized carbons (Fsp3) is 0.133. The molecule has 1 N–H and O–H groups in total. The van der Waals surface area contributed by atoms with Crippen LogP contribution in [0.5, 0.6) is 0 Å². The molecule has 2 aromatic heterocycles. The number of aromatic nitrogens is 3. The Hall–Kier alpha value is -2.48. The lowest BCUT2D eigenvalue weighted by Gasteiger charge is -2.07. The standard InChI is InChI=1S/C15H10F3N3OS/c16-15(17,18)11-3-1-2-9(6-11)7-13-20-14(21-23-13)10-4-5-19-12(22)8-10/h1-6,8H,7H2,(H,19,22). The minimum Gasteiger partial charge on any atom is -0.329 e. The normalized spacial score (nSPS) is 11.6. The van der Waals surface area contributed by atoms with Crippen LogP contribution in [0.4, 0.5) is 13.2 Å². The van der Waals surface area contributed by atoms with Gasteiger partial charge in [-0.05, 0) is 29.2 Å². The van der Waals surface area contributed by atoms with Gasteiger partial charge in [0.15, 0.2) is 5.82 Å². The van der Waals surface area contributed by atoms with Gasteiger partial charge in [0.05, 0.1) is 5.56 Å². The predicted molar refractivity (Wildman–Crippen MR) is 80.2 cm³/mol. The molecule has 0 amide bonds. The van der Waals surface area contributed by atoms with E-state index in [0.717, 1.165) is 23.7 Å². The second-order valence-electron chi connectivity index (χ2n) is 4.83. The number of aromatic amines is 1. The van der Waals surface area contributed by atoms with E-state index in [9.17, 15) is 18.0 Å². The van der Waals surface area contributed by atoms with Gasteiger partial charge in [0.25, 0.3) is 0 Å². The molecular formula is C15H10F3N3OS. The zero-order valence-corrected chi connectivity index (χ0v) is 12.4. The third-order valence-electron chi connectivity index (χ3n) is 3.11. The van der Waals surface area contributed by atoms with Crippen LogP contribution >= 0.6 is 11.5 Å². The molecule has 0 bridgehead atoms. The molecule has 0 saturated heterocycles. The van der Waals surface area contributed by atoms with Crippen molar-refractivity contribution in [1.29, 1.82) is 0 Å². The van der Waals surface area contributed by atoms with Gasteiger partial charge >= 0.3 is 6.18 Å². The maximum absolute atomic E-state index is 12.7. The zero-order valence-electron chi connectivity index (χ0n) is 11.6. The average Bonchev–Trinajstić information content (AvgIpc) is 2.95. The van der Waals surface area contributed by atoms with E-state index in [0.29, 0.717) is 22.0 Å². The number of alkyl halides is 3. The summed E-state index contributed by atoms with van der Waals surface area (Å²) in [5.74, 6) is 0.392. The first-order valence-electron chi connectivity index (χ1n) is 6.60. The van der Waals surface area contributed by atoms with E-state index in [1.54, 1.807) is 12.1 Å². The van der Waals surface area contributed by atoms with Crippen molar-refractivity contribution in [3.63, 3.8) is 0 Å². The first-order valence-corrected chi connectivity index (χ1v) is 7.37. The molecule has 0 fully saturated rings. The summed E-state index contributed by atoms with van der Waals surface area (Å²) in [5.41, 5.74) is 0.125. The Kier molecular flexibility index (Phi) is 3.99. The lowest BCUT2D eigenvalue weighted by Crippen LogP contribution is -2.05. The molecule has 23 heavy (non-hydrogen) atoms. The van der Waals surface area contributed by atoms with Gasteiger partial charge < -0.3 is 4.98 Å². The maximum Gasteiger partial charge on any atom is 0.416 e. The molecule has 0 aliphatic rings. The summed E-state index contributed by atoms with van der Waals surface area (Å²) in [6.45, 7) is 0. The van der Waals surface area contributed by atoms with Gasteiger partial charge in [0, 0.05) is 24.2 Å². The Labute approximate surface area is 132 Å². The van der Waals surface area contributed by atoms with E-state index in [2.05, 4.69) is 14.3 Å². The number of H-pyrrole nitrogens is 1. The molecule has 8 heteroatoms. The molecule has 118 valence electrons. The first kappa shape index (κ1) is 15.4. The summed E-state index contributed by atoms with van der Waals surface area (Å²) >= 11 is 1.10. The van der Waals surface area contributed by atoms with Gasteiger partial charge in [0.2, 0.25) is 5.56 Å². The van der Waals surface area contributed by atoms with Crippen molar-refractivity contribution in [3.05, 3.63) is 69.1 Å². The molecule has 3 aromatic rings. The zero-order chi connectivity index (χ0) is 16.4. The van der Waals surface area contributed by atoms with Crippen molar-refractivity contribution >= 4 is 11.5 Å². The third kappa shape index (κ3) is 3.65. The Morgan fingerprint density at radius 3 is 2.74 bits per heavy atom. The van der Waals surface area contributed by atoms with Gasteiger partial charge in [-0.3, -0.25) is 4.79 Å². The highest BCUT2D eigenvalue weighted by molar-refractivity contribution is 7.05. The lowest BCUT2D eigenvalue weighted by atomic mass is 10.1. The fourth-order valence-electron chi connectivity index (χ4n) is 2.06. The number of nitrogens with zero attached hydrogens (tertiary/aromatic N) is 2. The van der Waals surface area contributed by atoms with Gasteiger partial charge in [-0.15, -0.1) is 0 Å². The van der Waals surface area contributed by atoms with Gasteiger partial charge in [-0.25, -0.2) is 4.98 Å². The Balaban J connectivity index is 1.84. The van der Waals surface area contributed by atoms with E-state index in [4.69, 9.17) is 0 Å². The smallest absolute Gasteiger partial charge is 0.329 e. The average molecular weight is 337 g/mol. The highest BCUT2D eigenvalue weighted by Crippen LogP contribution is 2.30. The molecular weight excluding hydrogens is 327 g/mol. The minimum atomic E-state index is -4.37. The fourth-order valence-corrected chi connectivity index (χ4v) is 2.76. The number of halogens is 3. The van der Waals surface area contributed by atoms with Crippen LogP contribution in [0.3, 0.4) is 0 Å². The Morgan fingerprint density at radius 1 is 1.17 bits per heavy atom. The third-order valence-corrected chi connectivity index (χ3v) is 3.82. The van der Waals surface area contributed by atoms with Crippen molar-refractivity contribution in [2.24, 2.45) is 0 Å². The lowest BCUT2D eigenvalue weighted by molar-refractivity contribution is -0.137. The van der Waals surface area contributed by atoms with Gasteiger partial charge in [0.1, 0.15) is 5.01 Å². The van der Waals surface area contributed by atoms with Crippen LogP contribution in [0.25, 0.3) is 11.4 Å². The quantitative estimate of drug-likeness (QED) is 0.796. The summed E-state index contributed by atoms with van der Waals surface area (Å²) < 4.78 is 42.3. The summed E-state index contributed by atoms with van der Waals surface area (Å²) in [6, 6.07) is 8.16. The molecule has 0 aliphatic heterocycles. The van der Waals surface area contributed by atoms with Crippen LogP contribution in [0, 0.1) is 0 Å². The van der Waals surface area contributed by atoms with Crippen molar-refractivity contribution < 1.29 is 13.2 Å². The molecule has 0 saturated carbocycles. The van der Waals surface area contributed by atoms with Crippen LogP contribution in [0.1, 0.15) is 16.1 Å². The van der Waals surface area contributed by atoms with Crippen molar-refractivity contribution in [2.45, 2.75) is 12.6 Å². The molecule has 1 aromatic carbocycles. The van der Waals surface area contributed by atoms with Crippen molar-refractivity contribution in [2.75, 3.05) is 0 Å². The first-order chi connectivity index (χ1) is 10.9. The summed E-state index contributed by atoms with van der Waals surface area (Å²) in [7, 11) is 0. The Morgan fingerprint density at radius 2 is 2.00 bits per heavy atom. The van der Waals surface area contributed by atoms with Crippen LogP contribution in [-0.2, 0) is 12.6 Å². The molecule has 0 aliphatic carbocycles. The largest absolute Gasteiger partial charge is 0.416 e. The van der Waals surface area contributed by atoms with Crippen molar-refractivity contribution in [3.8, 4) is 11.4 Å². The second-order valence-corrected chi connectivity index (χ2v) is 5.66. The molecule has 3 rings (SSSR count). The highest BCUT2D eigenvalue weighted by atomic mass is 32.1. The van der Waals surface area contributed by atoms with E-state index in [1.807, 2.05) is 0 Å². The molecule has 0 unspecified atom stereocenters. The SMILES string of the molecule is O=c1cc(-c2nsc(Cc3cccc(C(F)(F)F)c3)n2)cc[nH]1. The number of benzene rings is 1. The minimum absolute atomic E-state index is 0.255. The van der Waals surface area contributed by atoms with Crippen LogP contribution in [-0.4, -0.2) is 14.3 Å². The number of rotatable bonds is 3. The monoisotopic (exact) mass is 337 g/mol. The van der Waals surface area contributed by atoms with E-state index < -0.39 is 11.7 Å². The number of hydrogen-bond acceptors (Lipinski definition) is 4. The summed E-state index contributed by atoms with van der Waals surface area (Å²) in [6.07, 6.45) is -2.62. The molecule has 4 nitrogen and oxygen atoms in total. The molecule has 0 radical (unpaired) electrons. The molecule has 0 atom stereocenters. The predicted octanol–water partition coefficient (Wildman–Crippen LogP) is 3.50. The summed E-state index contributed by atoms with van der Waals surface area (Å²) in [5, 5.41) is 0.583. The van der Waals surface area contributed by atoms with E-state index >= 15 is 0 Å².